The second kappa shape index (κ2) is 13.1. The highest BCUT2D eigenvalue weighted by Crippen LogP contribution is 2.22. The summed E-state index contributed by atoms with van der Waals surface area (Å²) in [5.74, 6) is -0.204. The number of halogens is 1. The fourth-order valence-corrected chi connectivity index (χ4v) is 4.15. The van der Waals surface area contributed by atoms with Gasteiger partial charge in [0.2, 0.25) is 11.8 Å². The predicted octanol–water partition coefficient (Wildman–Crippen LogP) is 6.14. The van der Waals surface area contributed by atoms with Crippen molar-refractivity contribution < 1.29 is 9.59 Å². The molecule has 3 aromatic rings. The van der Waals surface area contributed by atoms with E-state index >= 15 is 0 Å². The summed E-state index contributed by atoms with van der Waals surface area (Å²) in [6.07, 6.45) is 2.18. The molecule has 4 nitrogen and oxygen atoms in total. The first-order valence-corrected chi connectivity index (χ1v) is 12.7. The van der Waals surface area contributed by atoms with Gasteiger partial charge in [0.15, 0.2) is 0 Å². The van der Waals surface area contributed by atoms with Crippen molar-refractivity contribution in [2.45, 2.75) is 65.1 Å². The van der Waals surface area contributed by atoms with Gasteiger partial charge in [-0.2, -0.15) is 0 Å². The number of benzene rings is 3. The Morgan fingerprint density at radius 1 is 0.914 bits per heavy atom. The molecule has 35 heavy (non-hydrogen) atoms. The maximum Gasteiger partial charge on any atom is 0.243 e. The van der Waals surface area contributed by atoms with Crippen LogP contribution < -0.4 is 5.32 Å². The van der Waals surface area contributed by atoms with Crippen LogP contribution in [0.2, 0.25) is 5.02 Å². The molecule has 0 saturated heterocycles. The normalized spacial score (nSPS) is 12.6. The van der Waals surface area contributed by atoms with Crippen molar-refractivity contribution in [2.24, 2.45) is 0 Å². The van der Waals surface area contributed by atoms with Crippen LogP contribution in [0.1, 0.15) is 48.9 Å². The second-order valence-electron chi connectivity index (χ2n) is 9.12. The smallest absolute Gasteiger partial charge is 0.243 e. The van der Waals surface area contributed by atoms with Crippen molar-refractivity contribution in [1.29, 1.82) is 0 Å². The molecular formula is C30H35ClN2O2. The largest absolute Gasteiger partial charge is 0.352 e. The van der Waals surface area contributed by atoms with Gasteiger partial charge in [0.1, 0.15) is 6.04 Å². The van der Waals surface area contributed by atoms with E-state index in [2.05, 4.69) is 29.6 Å². The Bertz CT molecular complexity index is 1100. The van der Waals surface area contributed by atoms with Gasteiger partial charge in [0.05, 0.1) is 0 Å². The fraction of sp³-hybridized carbons (Fsp3) is 0.333. The highest BCUT2D eigenvalue weighted by Gasteiger charge is 2.31. The van der Waals surface area contributed by atoms with Gasteiger partial charge in [0.25, 0.3) is 0 Å². The van der Waals surface area contributed by atoms with E-state index in [0.29, 0.717) is 24.3 Å². The molecule has 0 bridgehead atoms. The van der Waals surface area contributed by atoms with Crippen molar-refractivity contribution in [3.63, 3.8) is 0 Å². The molecule has 0 unspecified atom stereocenters. The average Bonchev–Trinajstić information content (AvgIpc) is 2.87. The summed E-state index contributed by atoms with van der Waals surface area (Å²) >= 11 is 6.47. The van der Waals surface area contributed by atoms with Gasteiger partial charge < -0.3 is 10.2 Å². The molecule has 0 aliphatic rings. The minimum absolute atomic E-state index is 0.0191. The SMILES string of the molecule is CC[C@H](C)NC(=O)[C@@H](Cc1ccccc1)N(Cc1ccccc1Cl)C(=O)CCc1ccc(C)cc1. The molecule has 0 aliphatic heterocycles. The molecular weight excluding hydrogens is 456 g/mol. The monoisotopic (exact) mass is 490 g/mol. The van der Waals surface area contributed by atoms with E-state index in [9.17, 15) is 9.59 Å². The Morgan fingerprint density at radius 2 is 1.57 bits per heavy atom. The minimum atomic E-state index is -0.645. The summed E-state index contributed by atoms with van der Waals surface area (Å²) in [5, 5.41) is 3.69. The Labute approximate surface area is 214 Å². The Morgan fingerprint density at radius 3 is 2.23 bits per heavy atom. The predicted molar refractivity (Wildman–Crippen MR) is 143 cm³/mol. The zero-order chi connectivity index (χ0) is 25.2. The van der Waals surface area contributed by atoms with Crippen molar-refractivity contribution >= 4 is 23.4 Å². The minimum Gasteiger partial charge on any atom is -0.352 e. The van der Waals surface area contributed by atoms with Crippen molar-refractivity contribution in [2.75, 3.05) is 0 Å². The molecule has 3 rings (SSSR count). The zero-order valence-corrected chi connectivity index (χ0v) is 21.6. The summed E-state index contributed by atoms with van der Waals surface area (Å²) in [4.78, 5) is 28.9. The van der Waals surface area contributed by atoms with Crippen LogP contribution in [0.3, 0.4) is 0 Å². The molecule has 0 radical (unpaired) electrons. The van der Waals surface area contributed by atoms with E-state index in [1.807, 2.05) is 75.4 Å². The van der Waals surface area contributed by atoms with Crippen LogP contribution in [0.15, 0.2) is 78.9 Å². The maximum absolute atomic E-state index is 13.7. The number of aryl methyl sites for hydroxylation is 2. The van der Waals surface area contributed by atoms with Crippen LogP contribution in [-0.4, -0.2) is 28.8 Å². The van der Waals surface area contributed by atoms with E-state index in [4.69, 9.17) is 11.6 Å². The third-order valence-corrected chi connectivity index (χ3v) is 6.69. The summed E-state index contributed by atoms with van der Waals surface area (Å²) in [6.45, 7) is 6.34. The first kappa shape index (κ1) is 26.5. The van der Waals surface area contributed by atoms with E-state index in [0.717, 1.165) is 23.1 Å². The number of rotatable bonds is 11. The maximum atomic E-state index is 13.7. The van der Waals surface area contributed by atoms with Gasteiger partial charge in [-0.15, -0.1) is 0 Å². The van der Waals surface area contributed by atoms with Crippen LogP contribution in [0.25, 0.3) is 0 Å². The number of carbonyl (C=O) groups excluding carboxylic acids is 2. The van der Waals surface area contributed by atoms with Gasteiger partial charge in [0, 0.05) is 30.5 Å². The number of hydrogen-bond donors (Lipinski definition) is 1. The lowest BCUT2D eigenvalue weighted by atomic mass is 10.0. The zero-order valence-electron chi connectivity index (χ0n) is 20.8. The van der Waals surface area contributed by atoms with Gasteiger partial charge >= 0.3 is 0 Å². The molecule has 0 aliphatic carbocycles. The Balaban J connectivity index is 1.91. The molecule has 0 saturated carbocycles. The molecule has 2 atom stereocenters. The molecule has 5 heteroatoms. The van der Waals surface area contributed by atoms with Crippen molar-refractivity contribution in [3.05, 3.63) is 106 Å². The molecule has 1 N–H and O–H groups in total. The second-order valence-corrected chi connectivity index (χ2v) is 9.53. The van der Waals surface area contributed by atoms with Crippen LogP contribution >= 0.6 is 11.6 Å². The van der Waals surface area contributed by atoms with Crippen LogP contribution in [0.4, 0.5) is 0 Å². The van der Waals surface area contributed by atoms with Crippen LogP contribution in [0.5, 0.6) is 0 Å². The number of carbonyl (C=O) groups is 2. The first-order valence-electron chi connectivity index (χ1n) is 12.3. The first-order chi connectivity index (χ1) is 16.9. The Hall–Kier alpha value is -3.11. The number of hydrogen-bond acceptors (Lipinski definition) is 2. The van der Waals surface area contributed by atoms with Gasteiger partial charge in [-0.05, 0) is 49.4 Å². The van der Waals surface area contributed by atoms with E-state index in [-0.39, 0.29) is 24.4 Å². The standard InChI is InChI=1S/C30H35ClN2O2/c1-4-23(3)32-30(35)28(20-25-10-6-5-7-11-25)33(21-26-12-8-9-13-27(26)31)29(34)19-18-24-16-14-22(2)15-17-24/h5-17,23,28H,4,18-21H2,1-3H3,(H,32,35)/t23-,28+/m0/s1. The topological polar surface area (TPSA) is 49.4 Å². The van der Waals surface area contributed by atoms with Gasteiger partial charge in [-0.25, -0.2) is 0 Å². The van der Waals surface area contributed by atoms with Crippen LogP contribution in [-0.2, 0) is 29.0 Å². The van der Waals surface area contributed by atoms with Crippen LogP contribution in [0, 0.1) is 6.92 Å². The van der Waals surface area contributed by atoms with Gasteiger partial charge in [-0.1, -0.05) is 96.9 Å². The van der Waals surface area contributed by atoms with Crippen molar-refractivity contribution in [3.8, 4) is 0 Å². The number of nitrogens with one attached hydrogen (secondary N) is 1. The lowest BCUT2D eigenvalue weighted by Crippen LogP contribution is -2.52. The molecule has 184 valence electrons. The van der Waals surface area contributed by atoms with E-state index in [1.54, 1.807) is 4.90 Å². The summed E-state index contributed by atoms with van der Waals surface area (Å²) < 4.78 is 0. The summed E-state index contributed by atoms with van der Waals surface area (Å²) in [7, 11) is 0. The molecule has 0 fully saturated rings. The highest BCUT2D eigenvalue weighted by molar-refractivity contribution is 6.31. The quantitative estimate of drug-likeness (QED) is 0.351. The van der Waals surface area contributed by atoms with E-state index in [1.165, 1.54) is 5.56 Å². The molecule has 2 amide bonds. The summed E-state index contributed by atoms with van der Waals surface area (Å²) in [5.41, 5.74) is 4.12. The Kier molecular flexibility index (Phi) is 9.92. The molecule has 0 heterocycles. The van der Waals surface area contributed by atoms with Crippen molar-refractivity contribution in [1.82, 2.24) is 10.2 Å². The summed E-state index contributed by atoms with van der Waals surface area (Å²) in [6, 6.07) is 24.9. The molecule has 3 aromatic carbocycles. The lowest BCUT2D eigenvalue weighted by Gasteiger charge is -2.32. The third-order valence-electron chi connectivity index (χ3n) is 6.32. The number of nitrogens with zero attached hydrogens (tertiary/aromatic N) is 1. The average molecular weight is 491 g/mol. The van der Waals surface area contributed by atoms with E-state index < -0.39 is 6.04 Å². The third kappa shape index (κ3) is 7.97. The van der Waals surface area contributed by atoms with Gasteiger partial charge in [-0.3, -0.25) is 9.59 Å². The lowest BCUT2D eigenvalue weighted by molar-refractivity contribution is -0.141. The highest BCUT2D eigenvalue weighted by atomic mass is 35.5. The molecule has 0 spiro atoms. The fourth-order valence-electron chi connectivity index (χ4n) is 3.95. The molecule has 0 aromatic heterocycles. The number of amides is 2.